The van der Waals surface area contributed by atoms with E-state index in [-0.39, 0.29) is 11.8 Å². The Morgan fingerprint density at radius 3 is 2.61 bits per heavy atom. The van der Waals surface area contributed by atoms with Gasteiger partial charge >= 0.3 is 0 Å². The van der Waals surface area contributed by atoms with Gasteiger partial charge in [-0.3, -0.25) is 0 Å². The first kappa shape index (κ1) is 14.4. The number of hydrogen-bond acceptors (Lipinski definition) is 3. The van der Waals surface area contributed by atoms with Gasteiger partial charge in [-0.25, -0.2) is 0 Å². The first-order chi connectivity index (χ1) is 8.67. The van der Waals surface area contributed by atoms with E-state index in [1.165, 1.54) is 18.4 Å². The Labute approximate surface area is 109 Å². The van der Waals surface area contributed by atoms with E-state index < -0.39 is 0 Å². The molecule has 1 unspecified atom stereocenters. The van der Waals surface area contributed by atoms with Gasteiger partial charge in [0.1, 0.15) is 5.84 Å². The molecule has 0 fully saturated rings. The van der Waals surface area contributed by atoms with Crippen LogP contribution in [-0.2, 0) is 6.42 Å². The predicted molar refractivity (Wildman–Crippen MR) is 76.1 cm³/mol. The highest BCUT2D eigenvalue weighted by molar-refractivity contribution is 5.82. The van der Waals surface area contributed by atoms with Crippen LogP contribution in [0.1, 0.15) is 32.3 Å². The molecule has 0 heterocycles. The molecule has 0 bridgehead atoms. The molecule has 18 heavy (non-hydrogen) atoms. The van der Waals surface area contributed by atoms with E-state index in [4.69, 9.17) is 10.9 Å². The smallest absolute Gasteiger partial charge is 0.143 e. The molecule has 0 saturated heterocycles. The number of benzene rings is 1. The maximum atomic E-state index is 8.56. The molecular weight excluding hydrogens is 226 g/mol. The van der Waals surface area contributed by atoms with Gasteiger partial charge in [0, 0.05) is 18.2 Å². The van der Waals surface area contributed by atoms with Gasteiger partial charge in [0.05, 0.1) is 0 Å². The first-order valence-electron chi connectivity index (χ1n) is 6.47. The molecule has 1 aromatic rings. The van der Waals surface area contributed by atoms with E-state index in [1.807, 2.05) is 6.92 Å². The average molecular weight is 249 g/mol. The van der Waals surface area contributed by atoms with Crippen LogP contribution in [0.4, 0.5) is 5.69 Å². The second-order valence-electron chi connectivity index (χ2n) is 4.61. The maximum Gasteiger partial charge on any atom is 0.143 e. The lowest BCUT2D eigenvalue weighted by atomic mass is 10.1. The van der Waals surface area contributed by atoms with Gasteiger partial charge in [0.15, 0.2) is 0 Å². The molecule has 0 aromatic heterocycles. The van der Waals surface area contributed by atoms with Crippen LogP contribution in [0.5, 0.6) is 0 Å². The van der Waals surface area contributed by atoms with Crippen molar-refractivity contribution >= 4 is 11.5 Å². The van der Waals surface area contributed by atoms with E-state index in [2.05, 4.69) is 41.7 Å². The summed E-state index contributed by atoms with van der Waals surface area (Å²) in [4.78, 5) is 0. The second-order valence-corrected chi connectivity index (χ2v) is 4.61. The summed E-state index contributed by atoms with van der Waals surface area (Å²) in [6.45, 7) is 4.77. The quantitative estimate of drug-likeness (QED) is 0.301. The Kier molecular flexibility index (Phi) is 6.05. The van der Waals surface area contributed by atoms with Gasteiger partial charge in [-0.1, -0.05) is 37.6 Å². The van der Waals surface area contributed by atoms with Gasteiger partial charge in [0.2, 0.25) is 0 Å². The third kappa shape index (κ3) is 4.65. The highest BCUT2D eigenvalue weighted by atomic mass is 16.4. The number of aryl methyl sites for hydroxylation is 1. The Morgan fingerprint density at radius 1 is 1.39 bits per heavy atom. The van der Waals surface area contributed by atoms with Crippen molar-refractivity contribution in [2.24, 2.45) is 16.8 Å². The molecular formula is C14H23N3O. The van der Waals surface area contributed by atoms with Crippen LogP contribution in [0.25, 0.3) is 0 Å². The van der Waals surface area contributed by atoms with Crippen molar-refractivity contribution in [1.82, 2.24) is 0 Å². The first-order valence-corrected chi connectivity index (χ1v) is 6.47. The normalized spacial score (nSPS) is 13.3. The van der Waals surface area contributed by atoms with Crippen LogP contribution >= 0.6 is 0 Å². The summed E-state index contributed by atoms with van der Waals surface area (Å²) in [5.74, 6) is 0.261. The zero-order valence-electron chi connectivity index (χ0n) is 11.2. The Balaban J connectivity index is 2.44. The fourth-order valence-electron chi connectivity index (χ4n) is 1.64. The molecule has 0 amide bonds. The average Bonchev–Trinajstić information content (AvgIpc) is 2.42. The highest BCUT2D eigenvalue weighted by Crippen LogP contribution is 2.12. The van der Waals surface area contributed by atoms with E-state index >= 15 is 0 Å². The van der Waals surface area contributed by atoms with Crippen molar-refractivity contribution in [3.8, 4) is 0 Å². The number of rotatable bonds is 7. The molecule has 0 spiro atoms. The third-order valence-electron chi connectivity index (χ3n) is 3.01. The number of oxime groups is 1. The van der Waals surface area contributed by atoms with Crippen molar-refractivity contribution in [1.29, 1.82) is 0 Å². The monoisotopic (exact) mass is 249 g/mol. The van der Waals surface area contributed by atoms with Crippen LogP contribution in [0.2, 0.25) is 0 Å². The Bertz CT molecular complexity index is 373. The number of nitrogens with two attached hydrogens (primary N) is 1. The summed E-state index contributed by atoms with van der Waals surface area (Å²) >= 11 is 0. The molecule has 0 aliphatic heterocycles. The Hall–Kier alpha value is -1.71. The number of amidine groups is 1. The topological polar surface area (TPSA) is 70.6 Å². The number of hydrogen-bond donors (Lipinski definition) is 3. The van der Waals surface area contributed by atoms with Crippen LogP contribution in [0.15, 0.2) is 29.4 Å². The zero-order valence-corrected chi connectivity index (χ0v) is 11.2. The summed E-state index contributed by atoms with van der Waals surface area (Å²) in [7, 11) is 0. The van der Waals surface area contributed by atoms with Gasteiger partial charge in [0.25, 0.3) is 0 Å². The van der Waals surface area contributed by atoms with Gasteiger partial charge in [-0.15, -0.1) is 0 Å². The fraction of sp³-hybridized carbons (Fsp3) is 0.500. The number of nitrogens with zero attached hydrogens (tertiary/aromatic N) is 1. The summed E-state index contributed by atoms with van der Waals surface area (Å²) in [5, 5.41) is 14.8. The van der Waals surface area contributed by atoms with Gasteiger partial charge < -0.3 is 16.3 Å². The number of anilines is 1. The fourth-order valence-corrected chi connectivity index (χ4v) is 1.64. The maximum absolute atomic E-state index is 8.56. The summed E-state index contributed by atoms with van der Waals surface area (Å²) < 4.78 is 0. The standard InChI is InChI=1S/C14H23N3O/c1-3-4-5-12-6-8-13(9-7-12)16-10-11(2)14(15)17-18/h6-9,11,16,18H,3-5,10H2,1-2H3,(H2,15,17). The molecule has 1 atom stereocenters. The SMILES string of the molecule is CCCCc1ccc(NCC(C)C(N)=NO)cc1. The van der Waals surface area contributed by atoms with E-state index in [9.17, 15) is 0 Å². The molecule has 1 rings (SSSR count). The number of unbranched alkanes of at least 4 members (excludes halogenated alkanes) is 1. The Morgan fingerprint density at radius 2 is 2.06 bits per heavy atom. The van der Waals surface area contributed by atoms with E-state index in [0.717, 1.165) is 12.1 Å². The van der Waals surface area contributed by atoms with Crippen molar-refractivity contribution in [3.63, 3.8) is 0 Å². The zero-order chi connectivity index (χ0) is 13.4. The lowest BCUT2D eigenvalue weighted by molar-refractivity contribution is 0.315. The van der Waals surface area contributed by atoms with Crippen LogP contribution in [-0.4, -0.2) is 17.6 Å². The minimum Gasteiger partial charge on any atom is -0.409 e. The molecule has 0 aliphatic carbocycles. The third-order valence-corrected chi connectivity index (χ3v) is 3.01. The second kappa shape index (κ2) is 7.58. The largest absolute Gasteiger partial charge is 0.409 e. The molecule has 4 heteroatoms. The molecule has 0 saturated carbocycles. The van der Waals surface area contributed by atoms with Crippen LogP contribution in [0, 0.1) is 5.92 Å². The van der Waals surface area contributed by atoms with Crippen molar-refractivity contribution < 1.29 is 5.21 Å². The van der Waals surface area contributed by atoms with Crippen LogP contribution < -0.4 is 11.1 Å². The lowest BCUT2D eigenvalue weighted by Gasteiger charge is -2.12. The minimum absolute atomic E-state index is 0.00904. The van der Waals surface area contributed by atoms with Gasteiger partial charge in [-0.2, -0.15) is 0 Å². The predicted octanol–water partition coefficient (Wildman–Crippen LogP) is 2.82. The molecule has 4 N–H and O–H groups in total. The minimum atomic E-state index is 0.00904. The van der Waals surface area contributed by atoms with Crippen molar-refractivity contribution in [2.75, 3.05) is 11.9 Å². The van der Waals surface area contributed by atoms with Crippen molar-refractivity contribution in [2.45, 2.75) is 33.1 Å². The van der Waals surface area contributed by atoms with E-state index in [1.54, 1.807) is 0 Å². The number of nitrogens with one attached hydrogen (secondary N) is 1. The molecule has 100 valence electrons. The lowest BCUT2D eigenvalue weighted by Crippen LogP contribution is -2.27. The molecule has 0 radical (unpaired) electrons. The summed E-state index contributed by atoms with van der Waals surface area (Å²) in [6.07, 6.45) is 3.59. The highest BCUT2D eigenvalue weighted by Gasteiger charge is 2.06. The van der Waals surface area contributed by atoms with E-state index in [0.29, 0.717) is 6.54 Å². The summed E-state index contributed by atoms with van der Waals surface area (Å²) in [5.41, 5.74) is 7.95. The van der Waals surface area contributed by atoms with Crippen molar-refractivity contribution in [3.05, 3.63) is 29.8 Å². The van der Waals surface area contributed by atoms with Crippen LogP contribution in [0.3, 0.4) is 0 Å². The summed E-state index contributed by atoms with van der Waals surface area (Å²) in [6, 6.07) is 8.44. The molecule has 0 aliphatic rings. The molecule has 1 aromatic carbocycles. The van der Waals surface area contributed by atoms with Gasteiger partial charge in [-0.05, 0) is 30.5 Å². The molecule has 4 nitrogen and oxygen atoms in total.